The summed E-state index contributed by atoms with van der Waals surface area (Å²) in [6, 6.07) is 5.01. The smallest absolute Gasteiger partial charge is 0.242 e. The Balaban J connectivity index is 2.62. The van der Waals surface area contributed by atoms with Gasteiger partial charge in [0.15, 0.2) is 5.78 Å². The number of fused-ring (bicyclic) bond motifs is 1. The number of hydrogen-bond acceptors (Lipinski definition) is 3. The van der Waals surface area contributed by atoms with Crippen LogP contribution in [0.4, 0.5) is 5.69 Å². The molecule has 0 N–H and O–H groups in total. The average Bonchev–Trinajstić information content (AvgIpc) is 2.36. The fourth-order valence-electron chi connectivity index (χ4n) is 2.06. The standard InChI is InChI=1S/C13H15NO3S/c1-4-14-11-6-5-10(8(2)15)7-12(11)18(17)9(3)13(14)16/h5-7,9H,4H2,1-3H3. The summed E-state index contributed by atoms with van der Waals surface area (Å²) in [4.78, 5) is 25.6. The maximum atomic E-state index is 12.2. The number of nitrogens with zero attached hydrogens (tertiary/aromatic N) is 1. The average molecular weight is 265 g/mol. The number of Topliss-reactive ketones (excluding diaryl/α,β-unsaturated/α-hetero) is 1. The lowest BCUT2D eigenvalue weighted by molar-refractivity contribution is -0.118. The Morgan fingerprint density at radius 2 is 2.11 bits per heavy atom. The molecule has 18 heavy (non-hydrogen) atoms. The number of amides is 1. The molecule has 0 radical (unpaired) electrons. The van der Waals surface area contributed by atoms with Gasteiger partial charge in [-0.3, -0.25) is 13.8 Å². The second-order valence-corrected chi connectivity index (χ2v) is 6.00. The van der Waals surface area contributed by atoms with Gasteiger partial charge in [0.2, 0.25) is 5.91 Å². The maximum absolute atomic E-state index is 12.2. The van der Waals surface area contributed by atoms with Gasteiger partial charge in [-0.1, -0.05) is 0 Å². The predicted octanol–water partition coefficient (Wildman–Crippen LogP) is 1.75. The molecule has 2 atom stereocenters. The third kappa shape index (κ3) is 1.88. The van der Waals surface area contributed by atoms with Crippen molar-refractivity contribution in [2.24, 2.45) is 0 Å². The molecule has 96 valence electrons. The quantitative estimate of drug-likeness (QED) is 0.765. The Labute approximate surface area is 108 Å². The zero-order valence-electron chi connectivity index (χ0n) is 10.6. The fourth-order valence-corrected chi connectivity index (χ4v) is 3.38. The van der Waals surface area contributed by atoms with Crippen molar-refractivity contribution in [3.05, 3.63) is 23.8 Å². The van der Waals surface area contributed by atoms with Gasteiger partial charge in [-0.25, -0.2) is 0 Å². The van der Waals surface area contributed by atoms with Gasteiger partial charge in [-0.15, -0.1) is 0 Å². The normalized spacial score (nSPS) is 22.8. The minimum absolute atomic E-state index is 0.0672. The molecule has 1 aromatic carbocycles. The van der Waals surface area contributed by atoms with Gasteiger partial charge < -0.3 is 4.90 Å². The molecule has 1 aromatic rings. The van der Waals surface area contributed by atoms with Crippen LogP contribution in [0.3, 0.4) is 0 Å². The Morgan fingerprint density at radius 1 is 1.44 bits per heavy atom. The molecule has 2 unspecified atom stereocenters. The maximum Gasteiger partial charge on any atom is 0.242 e. The van der Waals surface area contributed by atoms with Crippen LogP contribution in [0.1, 0.15) is 31.1 Å². The van der Waals surface area contributed by atoms with Crippen LogP contribution in [-0.4, -0.2) is 27.7 Å². The van der Waals surface area contributed by atoms with Crippen LogP contribution in [0, 0.1) is 0 Å². The highest BCUT2D eigenvalue weighted by molar-refractivity contribution is 7.86. The molecule has 1 heterocycles. The lowest BCUT2D eigenvalue weighted by atomic mass is 10.1. The van der Waals surface area contributed by atoms with Crippen molar-refractivity contribution in [1.82, 2.24) is 0 Å². The largest absolute Gasteiger partial charge is 0.310 e. The molecule has 0 fully saturated rings. The number of benzene rings is 1. The second kappa shape index (κ2) is 4.65. The summed E-state index contributed by atoms with van der Waals surface area (Å²) in [7, 11) is -1.38. The highest BCUT2D eigenvalue weighted by Crippen LogP contribution is 2.32. The van der Waals surface area contributed by atoms with Crippen molar-refractivity contribution in [2.75, 3.05) is 11.4 Å². The van der Waals surface area contributed by atoms with E-state index in [4.69, 9.17) is 0 Å². The van der Waals surface area contributed by atoms with Crippen molar-refractivity contribution in [1.29, 1.82) is 0 Å². The predicted molar refractivity (Wildman–Crippen MR) is 70.3 cm³/mol. The van der Waals surface area contributed by atoms with E-state index in [2.05, 4.69) is 0 Å². The number of anilines is 1. The highest BCUT2D eigenvalue weighted by atomic mass is 32.2. The van der Waals surface area contributed by atoms with Gasteiger partial charge in [-0.05, 0) is 39.0 Å². The van der Waals surface area contributed by atoms with E-state index in [9.17, 15) is 13.8 Å². The molecule has 5 heteroatoms. The van der Waals surface area contributed by atoms with Gasteiger partial charge >= 0.3 is 0 Å². The van der Waals surface area contributed by atoms with Gasteiger partial charge in [0.05, 0.1) is 21.4 Å². The Hall–Kier alpha value is -1.49. The molecule has 0 saturated heterocycles. The molecule has 1 aliphatic heterocycles. The summed E-state index contributed by atoms with van der Waals surface area (Å²) in [5.41, 5.74) is 1.18. The van der Waals surface area contributed by atoms with E-state index in [0.717, 1.165) is 0 Å². The van der Waals surface area contributed by atoms with Crippen LogP contribution < -0.4 is 4.90 Å². The van der Waals surface area contributed by atoms with E-state index in [1.54, 1.807) is 30.0 Å². The molecule has 1 amide bonds. The number of carbonyl (C=O) groups excluding carboxylic acids is 2. The van der Waals surface area contributed by atoms with Crippen LogP contribution in [0.2, 0.25) is 0 Å². The molecular formula is C13H15NO3S. The summed E-state index contributed by atoms with van der Waals surface area (Å²) in [6.07, 6.45) is 0. The van der Waals surface area contributed by atoms with E-state index in [1.165, 1.54) is 6.92 Å². The first-order valence-electron chi connectivity index (χ1n) is 5.84. The fraction of sp³-hybridized carbons (Fsp3) is 0.385. The van der Waals surface area contributed by atoms with Crippen LogP contribution in [0.25, 0.3) is 0 Å². The number of hydrogen-bond donors (Lipinski definition) is 0. The molecule has 2 rings (SSSR count). The summed E-state index contributed by atoms with van der Waals surface area (Å²) in [6.45, 7) is 5.54. The zero-order valence-corrected chi connectivity index (χ0v) is 11.4. The van der Waals surface area contributed by atoms with Crippen molar-refractivity contribution in [2.45, 2.75) is 30.9 Å². The van der Waals surface area contributed by atoms with Crippen LogP contribution >= 0.6 is 0 Å². The van der Waals surface area contributed by atoms with E-state index < -0.39 is 16.0 Å². The summed E-state index contributed by atoms with van der Waals surface area (Å²) in [5.74, 6) is -0.193. The molecule has 4 nitrogen and oxygen atoms in total. The van der Waals surface area contributed by atoms with Gasteiger partial charge in [0, 0.05) is 12.1 Å². The van der Waals surface area contributed by atoms with Crippen molar-refractivity contribution in [3.63, 3.8) is 0 Å². The van der Waals surface area contributed by atoms with Gasteiger partial charge in [-0.2, -0.15) is 0 Å². The number of rotatable bonds is 2. The summed E-state index contributed by atoms with van der Waals surface area (Å²) in [5, 5.41) is -0.556. The monoisotopic (exact) mass is 265 g/mol. The lowest BCUT2D eigenvalue weighted by Crippen LogP contribution is -2.44. The van der Waals surface area contributed by atoms with Crippen LogP contribution in [0.5, 0.6) is 0 Å². The van der Waals surface area contributed by atoms with E-state index in [0.29, 0.717) is 22.7 Å². The highest BCUT2D eigenvalue weighted by Gasteiger charge is 2.35. The lowest BCUT2D eigenvalue weighted by Gasteiger charge is -2.31. The molecule has 0 aromatic heterocycles. The van der Waals surface area contributed by atoms with Crippen molar-refractivity contribution >= 4 is 28.2 Å². The van der Waals surface area contributed by atoms with E-state index in [1.807, 2.05) is 6.92 Å². The first-order chi connectivity index (χ1) is 8.47. The first kappa shape index (κ1) is 13.0. The Morgan fingerprint density at radius 3 is 2.67 bits per heavy atom. The Bertz CT molecular complexity index is 553. The van der Waals surface area contributed by atoms with Gasteiger partial charge in [0.1, 0.15) is 5.25 Å². The van der Waals surface area contributed by atoms with Crippen LogP contribution in [-0.2, 0) is 15.6 Å². The molecule has 1 aliphatic rings. The zero-order chi connectivity index (χ0) is 13.4. The molecule has 0 saturated carbocycles. The van der Waals surface area contributed by atoms with Gasteiger partial charge in [0.25, 0.3) is 0 Å². The van der Waals surface area contributed by atoms with Crippen molar-refractivity contribution < 1.29 is 13.8 Å². The first-order valence-corrected chi connectivity index (χ1v) is 7.05. The SMILES string of the molecule is CCN1C(=O)C(C)S(=O)c2cc(C(C)=O)ccc21. The van der Waals surface area contributed by atoms with E-state index >= 15 is 0 Å². The molecular weight excluding hydrogens is 250 g/mol. The van der Waals surface area contributed by atoms with Crippen molar-refractivity contribution in [3.8, 4) is 0 Å². The van der Waals surface area contributed by atoms with E-state index in [-0.39, 0.29) is 11.7 Å². The molecule has 0 aliphatic carbocycles. The Kier molecular flexibility index (Phi) is 3.34. The topological polar surface area (TPSA) is 54.5 Å². The third-order valence-electron chi connectivity index (χ3n) is 3.13. The van der Waals surface area contributed by atoms with Crippen LogP contribution in [0.15, 0.2) is 23.1 Å². The minimum Gasteiger partial charge on any atom is -0.310 e. The third-order valence-corrected chi connectivity index (χ3v) is 4.73. The molecule has 0 bridgehead atoms. The summed E-state index contributed by atoms with van der Waals surface area (Å²) >= 11 is 0. The molecule has 0 spiro atoms. The minimum atomic E-state index is -1.38. The number of carbonyl (C=O) groups is 2. The number of ketones is 1. The second-order valence-electron chi connectivity index (χ2n) is 4.26. The summed E-state index contributed by atoms with van der Waals surface area (Å²) < 4.78 is 12.2.